The molecule has 0 aliphatic carbocycles. The quantitative estimate of drug-likeness (QED) is 0.703. The second-order valence-corrected chi connectivity index (χ2v) is 7.45. The van der Waals surface area contributed by atoms with Gasteiger partial charge in [0.05, 0.1) is 26.3 Å². The Morgan fingerprint density at radius 1 is 1.30 bits per heavy atom. The summed E-state index contributed by atoms with van der Waals surface area (Å²) >= 11 is 12.3. The van der Waals surface area contributed by atoms with Gasteiger partial charge in [0.15, 0.2) is 0 Å². The van der Waals surface area contributed by atoms with Crippen LogP contribution >= 0.6 is 23.2 Å². The molecule has 1 fully saturated rings. The van der Waals surface area contributed by atoms with E-state index in [1.165, 1.54) is 0 Å². The molecule has 0 radical (unpaired) electrons. The Morgan fingerprint density at radius 3 is 2.78 bits per heavy atom. The number of nitrogens with zero attached hydrogens (tertiary/aromatic N) is 4. The fraction of sp³-hybridized carbons (Fsp3) is 0.474. The van der Waals surface area contributed by atoms with Crippen LogP contribution in [0.2, 0.25) is 10.0 Å². The normalized spacial score (nSPS) is 15.1. The Balaban J connectivity index is 1.64. The summed E-state index contributed by atoms with van der Waals surface area (Å²) in [4.78, 5) is 20.7. The van der Waals surface area contributed by atoms with Crippen LogP contribution in [0.15, 0.2) is 30.6 Å². The minimum Gasteiger partial charge on any atom is -0.379 e. The molecule has 1 aromatic carbocycles. The molecule has 0 bridgehead atoms. The van der Waals surface area contributed by atoms with Crippen LogP contribution in [0.1, 0.15) is 18.3 Å². The lowest BCUT2D eigenvalue weighted by Crippen LogP contribution is -2.42. The van der Waals surface area contributed by atoms with Crippen LogP contribution in [0.4, 0.5) is 0 Å². The van der Waals surface area contributed by atoms with Gasteiger partial charge in [-0.05, 0) is 17.7 Å². The highest BCUT2D eigenvalue weighted by Crippen LogP contribution is 2.22. The van der Waals surface area contributed by atoms with Crippen LogP contribution in [-0.2, 0) is 22.6 Å². The first-order valence-electron chi connectivity index (χ1n) is 9.02. The summed E-state index contributed by atoms with van der Waals surface area (Å²) < 4.78 is 7.39. The van der Waals surface area contributed by atoms with Crippen molar-refractivity contribution in [3.63, 3.8) is 0 Å². The molecule has 0 N–H and O–H groups in total. The van der Waals surface area contributed by atoms with Gasteiger partial charge in [-0.3, -0.25) is 9.69 Å². The van der Waals surface area contributed by atoms with Crippen molar-refractivity contribution in [2.75, 3.05) is 39.4 Å². The van der Waals surface area contributed by atoms with E-state index in [9.17, 15) is 4.79 Å². The standard InChI is InChI=1S/C19H24Cl2N4O2/c1-15(26)24(7-6-23-8-10-27-11-9-23)14-19-22-4-5-25(19)13-16-2-3-17(20)12-18(16)21/h2-5,12H,6-11,13-14H2,1H3. The van der Waals surface area contributed by atoms with Gasteiger partial charge in [0, 0.05) is 55.5 Å². The highest BCUT2D eigenvalue weighted by molar-refractivity contribution is 6.35. The van der Waals surface area contributed by atoms with E-state index in [4.69, 9.17) is 27.9 Å². The first kappa shape index (κ1) is 20.1. The molecule has 1 saturated heterocycles. The molecule has 2 aromatic rings. The molecule has 0 saturated carbocycles. The summed E-state index contributed by atoms with van der Waals surface area (Å²) in [6.45, 7) is 7.50. The minimum absolute atomic E-state index is 0.0438. The Kier molecular flexibility index (Phi) is 7.13. The van der Waals surface area contributed by atoms with Crippen LogP contribution in [0.3, 0.4) is 0 Å². The van der Waals surface area contributed by atoms with E-state index in [1.807, 2.05) is 27.8 Å². The molecule has 1 aliphatic heterocycles. The fourth-order valence-corrected chi connectivity index (χ4v) is 3.54. The SMILES string of the molecule is CC(=O)N(CCN1CCOCC1)Cc1nccn1Cc1ccc(Cl)cc1Cl. The second-order valence-electron chi connectivity index (χ2n) is 6.60. The average Bonchev–Trinajstić information content (AvgIpc) is 3.08. The number of carbonyl (C=O) groups is 1. The van der Waals surface area contributed by atoms with Gasteiger partial charge >= 0.3 is 0 Å². The second kappa shape index (κ2) is 9.55. The number of hydrogen-bond donors (Lipinski definition) is 0. The Labute approximate surface area is 169 Å². The van der Waals surface area contributed by atoms with Gasteiger partial charge in [0.1, 0.15) is 5.82 Å². The molecule has 1 aromatic heterocycles. The van der Waals surface area contributed by atoms with Crippen molar-refractivity contribution >= 4 is 29.1 Å². The third kappa shape index (κ3) is 5.69. The minimum atomic E-state index is 0.0438. The van der Waals surface area contributed by atoms with Crippen LogP contribution in [0.5, 0.6) is 0 Å². The lowest BCUT2D eigenvalue weighted by Gasteiger charge is -2.29. The van der Waals surface area contributed by atoms with Gasteiger partial charge < -0.3 is 14.2 Å². The summed E-state index contributed by atoms with van der Waals surface area (Å²) in [6, 6.07) is 5.47. The number of benzene rings is 1. The first-order chi connectivity index (χ1) is 13.0. The molecule has 0 unspecified atom stereocenters. The Morgan fingerprint density at radius 2 is 2.07 bits per heavy atom. The highest BCUT2D eigenvalue weighted by atomic mass is 35.5. The van der Waals surface area contributed by atoms with Crippen LogP contribution in [0, 0.1) is 0 Å². The number of hydrogen-bond acceptors (Lipinski definition) is 4. The number of morpholine rings is 1. The van der Waals surface area contributed by atoms with E-state index < -0.39 is 0 Å². The number of amides is 1. The maximum Gasteiger partial charge on any atom is 0.219 e. The lowest BCUT2D eigenvalue weighted by atomic mass is 10.2. The number of imidazole rings is 1. The number of rotatable bonds is 7. The van der Waals surface area contributed by atoms with E-state index in [0.29, 0.717) is 29.7 Å². The molecule has 0 atom stereocenters. The third-order valence-corrected chi connectivity index (χ3v) is 5.31. The summed E-state index contributed by atoms with van der Waals surface area (Å²) in [5.74, 6) is 0.875. The molecule has 27 heavy (non-hydrogen) atoms. The smallest absolute Gasteiger partial charge is 0.219 e. The van der Waals surface area contributed by atoms with Crippen LogP contribution in [0.25, 0.3) is 0 Å². The zero-order valence-electron chi connectivity index (χ0n) is 15.4. The maximum absolute atomic E-state index is 12.1. The average molecular weight is 411 g/mol. The summed E-state index contributed by atoms with van der Waals surface area (Å²) in [5.41, 5.74) is 0.961. The van der Waals surface area contributed by atoms with Crippen LogP contribution in [-0.4, -0.2) is 64.7 Å². The molecular formula is C19H24Cl2N4O2. The monoisotopic (exact) mass is 410 g/mol. The van der Waals surface area contributed by atoms with Gasteiger partial charge in [-0.15, -0.1) is 0 Å². The molecule has 0 spiro atoms. The van der Waals surface area contributed by atoms with Crippen molar-refractivity contribution in [2.24, 2.45) is 0 Å². The molecule has 8 heteroatoms. The highest BCUT2D eigenvalue weighted by Gasteiger charge is 2.17. The first-order valence-corrected chi connectivity index (χ1v) is 9.78. The van der Waals surface area contributed by atoms with E-state index >= 15 is 0 Å². The van der Waals surface area contributed by atoms with Gasteiger partial charge in [0.2, 0.25) is 5.91 Å². The predicted octanol–water partition coefficient (Wildman–Crippen LogP) is 2.92. The van der Waals surface area contributed by atoms with Crippen molar-refractivity contribution in [1.29, 1.82) is 0 Å². The topological polar surface area (TPSA) is 50.6 Å². The summed E-state index contributed by atoms with van der Waals surface area (Å²) in [5, 5.41) is 1.23. The number of carbonyl (C=O) groups excluding carboxylic acids is 1. The van der Waals surface area contributed by atoms with E-state index in [-0.39, 0.29) is 5.91 Å². The Bertz CT molecular complexity index is 775. The number of ether oxygens (including phenoxy) is 1. The van der Waals surface area contributed by atoms with Crippen molar-refractivity contribution < 1.29 is 9.53 Å². The van der Waals surface area contributed by atoms with Crippen molar-refractivity contribution in [3.05, 3.63) is 52.0 Å². The van der Waals surface area contributed by atoms with Crippen LogP contribution < -0.4 is 0 Å². The molecule has 1 amide bonds. The molecular weight excluding hydrogens is 387 g/mol. The zero-order valence-corrected chi connectivity index (χ0v) is 16.9. The van der Waals surface area contributed by atoms with Gasteiger partial charge in [-0.2, -0.15) is 0 Å². The van der Waals surface area contributed by atoms with E-state index in [1.54, 1.807) is 19.2 Å². The fourth-order valence-electron chi connectivity index (χ4n) is 3.07. The van der Waals surface area contributed by atoms with Gasteiger partial charge in [0.25, 0.3) is 0 Å². The molecule has 6 nitrogen and oxygen atoms in total. The number of halogens is 2. The molecule has 1 aliphatic rings. The Hall–Kier alpha value is -1.60. The largest absolute Gasteiger partial charge is 0.379 e. The van der Waals surface area contributed by atoms with E-state index in [0.717, 1.165) is 44.2 Å². The van der Waals surface area contributed by atoms with Crippen molar-refractivity contribution in [2.45, 2.75) is 20.0 Å². The summed E-state index contributed by atoms with van der Waals surface area (Å²) in [6.07, 6.45) is 3.65. The summed E-state index contributed by atoms with van der Waals surface area (Å²) in [7, 11) is 0. The van der Waals surface area contributed by atoms with Gasteiger partial charge in [-0.25, -0.2) is 4.98 Å². The third-order valence-electron chi connectivity index (χ3n) is 4.72. The molecule has 146 valence electrons. The van der Waals surface area contributed by atoms with Gasteiger partial charge in [-0.1, -0.05) is 29.3 Å². The number of aromatic nitrogens is 2. The van der Waals surface area contributed by atoms with Crippen molar-refractivity contribution in [3.8, 4) is 0 Å². The maximum atomic E-state index is 12.1. The zero-order chi connectivity index (χ0) is 19.2. The molecule has 3 rings (SSSR count). The predicted molar refractivity (Wildman–Crippen MR) is 106 cm³/mol. The van der Waals surface area contributed by atoms with E-state index in [2.05, 4.69) is 9.88 Å². The van der Waals surface area contributed by atoms with Crippen molar-refractivity contribution in [1.82, 2.24) is 19.4 Å². The lowest BCUT2D eigenvalue weighted by molar-refractivity contribution is -0.129. The molecule has 2 heterocycles.